The summed E-state index contributed by atoms with van der Waals surface area (Å²) in [4.78, 5) is 33.7. The maximum atomic E-state index is 13.0. The fourth-order valence-corrected chi connectivity index (χ4v) is 4.68. The van der Waals surface area contributed by atoms with Crippen LogP contribution in [0.2, 0.25) is 0 Å². The highest BCUT2D eigenvalue weighted by atomic mass is 32.1. The van der Waals surface area contributed by atoms with Gasteiger partial charge < -0.3 is 14.8 Å². The highest BCUT2D eigenvalue weighted by Crippen LogP contribution is 2.32. The molecule has 3 aromatic rings. The highest BCUT2D eigenvalue weighted by molar-refractivity contribution is 7.09. The predicted octanol–water partition coefficient (Wildman–Crippen LogP) is 2.53. The zero-order chi connectivity index (χ0) is 17.0. The van der Waals surface area contributed by atoms with E-state index in [1.54, 1.807) is 21.1 Å². The predicted molar refractivity (Wildman–Crippen MR) is 96.1 cm³/mol. The molecule has 2 aliphatic heterocycles. The zero-order valence-corrected chi connectivity index (χ0v) is 14.4. The summed E-state index contributed by atoms with van der Waals surface area (Å²) in [5.41, 5.74) is 3.31. The lowest BCUT2D eigenvalue weighted by Gasteiger charge is -2.42. The van der Waals surface area contributed by atoms with Crippen molar-refractivity contribution in [1.82, 2.24) is 14.8 Å². The minimum Gasteiger partial charge on any atom is -0.357 e. The number of carbonyl (C=O) groups is 2. The van der Waals surface area contributed by atoms with Crippen LogP contribution in [0.25, 0.3) is 10.9 Å². The van der Waals surface area contributed by atoms with Crippen LogP contribution in [0.5, 0.6) is 0 Å². The quantitative estimate of drug-likeness (QED) is 0.771. The summed E-state index contributed by atoms with van der Waals surface area (Å²) < 4.78 is 0. The van der Waals surface area contributed by atoms with Crippen LogP contribution in [0.4, 0.5) is 0 Å². The molecule has 1 atom stereocenters. The zero-order valence-electron chi connectivity index (χ0n) is 13.6. The SMILES string of the molecule is O=C1C2Cc3c([nH]c4ccccc34)CN2C(=O)CN1Cc1cccs1. The normalized spacial score (nSPS) is 20.1. The maximum absolute atomic E-state index is 13.0. The molecule has 1 unspecified atom stereocenters. The first-order valence-corrected chi connectivity index (χ1v) is 9.28. The molecule has 1 aromatic carbocycles. The third-order valence-electron chi connectivity index (χ3n) is 5.17. The number of para-hydroxylation sites is 1. The number of piperazine rings is 1. The van der Waals surface area contributed by atoms with Crippen molar-refractivity contribution in [1.29, 1.82) is 0 Å². The standard InChI is InChI=1S/C19H17N3O2S/c23-18-11-21(9-12-4-3-7-25-12)19(24)17-8-14-13-5-1-2-6-15(13)20-16(14)10-22(17)18/h1-7,17,20H,8-11H2. The van der Waals surface area contributed by atoms with Crippen LogP contribution in [0.3, 0.4) is 0 Å². The summed E-state index contributed by atoms with van der Waals surface area (Å²) in [6.07, 6.45) is 0.588. The number of rotatable bonds is 2. The fraction of sp³-hybridized carbons (Fsp3) is 0.263. The first-order valence-electron chi connectivity index (χ1n) is 8.40. The number of thiophene rings is 1. The molecule has 5 rings (SSSR count). The molecule has 1 N–H and O–H groups in total. The first kappa shape index (κ1) is 14.7. The summed E-state index contributed by atoms with van der Waals surface area (Å²) in [6.45, 7) is 1.18. The molecule has 2 amide bonds. The second kappa shape index (κ2) is 5.46. The molecule has 4 heterocycles. The van der Waals surface area contributed by atoms with Gasteiger partial charge in [0.05, 0.1) is 13.1 Å². The number of hydrogen-bond acceptors (Lipinski definition) is 3. The van der Waals surface area contributed by atoms with E-state index in [1.165, 1.54) is 5.56 Å². The van der Waals surface area contributed by atoms with E-state index in [9.17, 15) is 9.59 Å². The Morgan fingerprint density at radius 1 is 1.12 bits per heavy atom. The lowest BCUT2D eigenvalue weighted by Crippen LogP contribution is -2.61. The molecule has 1 saturated heterocycles. The smallest absolute Gasteiger partial charge is 0.246 e. The average molecular weight is 351 g/mol. The Kier molecular flexibility index (Phi) is 3.21. The van der Waals surface area contributed by atoms with Crippen molar-refractivity contribution in [3.8, 4) is 0 Å². The molecule has 5 nitrogen and oxygen atoms in total. The number of aromatic nitrogens is 1. The molecule has 0 aliphatic carbocycles. The van der Waals surface area contributed by atoms with Gasteiger partial charge in [-0.05, 0) is 23.1 Å². The molecule has 126 valence electrons. The molecule has 1 fully saturated rings. The van der Waals surface area contributed by atoms with E-state index >= 15 is 0 Å². The van der Waals surface area contributed by atoms with Crippen LogP contribution < -0.4 is 0 Å². The average Bonchev–Trinajstić information content (AvgIpc) is 3.25. The number of nitrogens with zero attached hydrogens (tertiary/aromatic N) is 2. The van der Waals surface area contributed by atoms with Crippen molar-refractivity contribution in [3.63, 3.8) is 0 Å². The second-order valence-corrected chi connectivity index (χ2v) is 7.68. The molecule has 25 heavy (non-hydrogen) atoms. The third-order valence-corrected chi connectivity index (χ3v) is 6.04. The van der Waals surface area contributed by atoms with Crippen molar-refractivity contribution in [2.24, 2.45) is 0 Å². The maximum Gasteiger partial charge on any atom is 0.246 e. The molecule has 2 aromatic heterocycles. The van der Waals surface area contributed by atoms with E-state index in [2.05, 4.69) is 11.1 Å². The molecule has 0 bridgehead atoms. The number of hydrogen-bond donors (Lipinski definition) is 1. The van der Waals surface area contributed by atoms with E-state index in [0.717, 1.165) is 21.5 Å². The number of H-pyrrole nitrogens is 1. The van der Waals surface area contributed by atoms with E-state index in [4.69, 9.17) is 0 Å². The minimum atomic E-state index is -0.382. The van der Waals surface area contributed by atoms with Gasteiger partial charge in [0, 0.05) is 27.9 Å². The highest BCUT2D eigenvalue weighted by Gasteiger charge is 2.42. The molecular formula is C19H17N3O2S. The van der Waals surface area contributed by atoms with Gasteiger partial charge in [-0.25, -0.2) is 0 Å². The molecule has 2 aliphatic rings. The topological polar surface area (TPSA) is 56.4 Å². The van der Waals surface area contributed by atoms with Crippen LogP contribution >= 0.6 is 11.3 Å². The molecule has 0 spiro atoms. The molecule has 0 radical (unpaired) electrons. The summed E-state index contributed by atoms with van der Waals surface area (Å²) in [6, 6.07) is 11.7. The summed E-state index contributed by atoms with van der Waals surface area (Å²) in [7, 11) is 0. The molecule has 0 saturated carbocycles. The van der Waals surface area contributed by atoms with Gasteiger partial charge >= 0.3 is 0 Å². The van der Waals surface area contributed by atoms with Crippen molar-refractivity contribution in [2.75, 3.05) is 6.54 Å². The Morgan fingerprint density at radius 2 is 2.00 bits per heavy atom. The summed E-state index contributed by atoms with van der Waals surface area (Å²) in [5, 5.41) is 3.16. The van der Waals surface area contributed by atoms with E-state index < -0.39 is 0 Å². The van der Waals surface area contributed by atoms with Gasteiger partial charge in [0.1, 0.15) is 12.6 Å². The van der Waals surface area contributed by atoms with Gasteiger partial charge in [-0.15, -0.1) is 11.3 Å². The number of benzene rings is 1. The number of fused-ring (bicyclic) bond motifs is 4. The van der Waals surface area contributed by atoms with Crippen molar-refractivity contribution in [2.45, 2.75) is 25.6 Å². The van der Waals surface area contributed by atoms with Gasteiger partial charge in [-0.2, -0.15) is 0 Å². The first-order chi connectivity index (χ1) is 12.2. The Morgan fingerprint density at radius 3 is 2.84 bits per heavy atom. The van der Waals surface area contributed by atoms with Crippen molar-refractivity contribution >= 4 is 34.1 Å². The van der Waals surface area contributed by atoms with Crippen molar-refractivity contribution < 1.29 is 9.59 Å². The lowest BCUT2D eigenvalue weighted by atomic mass is 9.94. The van der Waals surface area contributed by atoms with Crippen LogP contribution in [0, 0.1) is 0 Å². The second-order valence-electron chi connectivity index (χ2n) is 6.64. The fourth-order valence-electron chi connectivity index (χ4n) is 3.96. The van der Waals surface area contributed by atoms with E-state index in [1.807, 2.05) is 35.7 Å². The van der Waals surface area contributed by atoms with Gasteiger partial charge in [0.25, 0.3) is 0 Å². The summed E-state index contributed by atoms with van der Waals surface area (Å²) in [5.74, 6) is 0.0920. The Bertz CT molecular complexity index is 976. The van der Waals surface area contributed by atoms with Crippen LogP contribution in [0.15, 0.2) is 41.8 Å². The van der Waals surface area contributed by atoms with Crippen molar-refractivity contribution in [3.05, 3.63) is 57.9 Å². The largest absolute Gasteiger partial charge is 0.357 e. The Balaban J connectivity index is 1.49. The molecule has 6 heteroatoms. The van der Waals surface area contributed by atoms with Crippen LogP contribution in [-0.2, 0) is 29.1 Å². The van der Waals surface area contributed by atoms with Gasteiger partial charge in [0.15, 0.2) is 0 Å². The Hall–Kier alpha value is -2.60. The number of nitrogens with one attached hydrogen (secondary N) is 1. The van der Waals surface area contributed by atoms with Gasteiger partial charge in [-0.1, -0.05) is 24.3 Å². The third kappa shape index (κ3) is 2.28. The minimum absolute atomic E-state index is 0.0328. The monoisotopic (exact) mass is 351 g/mol. The lowest BCUT2D eigenvalue weighted by molar-refractivity contribution is -0.157. The summed E-state index contributed by atoms with van der Waals surface area (Å²) >= 11 is 1.62. The van der Waals surface area contributed by atoms with Crippen LogP contribution in [0.1, 0.15) is 16.1 Å². The molecular weight excluding hydrogens is 334 g/mol. The number of amides is 2. The Labute approximate surface area is 148 Å². The van der Waals surface area contributed by atoms with Gasteiger partial charge in [-0.3, -0.25) is 9.59 Å². The van der Waals surface area contributed by atoms with E-state index in [0.29, 0.717) is 19.5 Å². The van der Waals surface area contributed by atoms with Crippen LogP contribution in [-0.4, -0.2) is 39.2 Å². The van der Waals surface area contributed by atoms with Gasteiger partial charge in [0.2, 0.25) is 11.8 Å². The van der Waals surface area contributed by atoms with E-state index in [-0.39, 0.29) is 24.4 Å². The number of carbonyl (C=O) groups excluding carboxylic acids is 2. The number of aromatic amines is 1.